The van der Waals surface area contributed by atoms with Crippen LogP contribution in [0.15, 0.2) is 67.3 Å². The van der Waals surface area contributed by atoms with Crippen LogP contribution in [-0.4, -0.2) is 34.5 Å². The van der Waals surface area contributed by atoms with E-state index in [2.05, 4.69) is 16.4 Å². The largest absolute Gasteiger partial charge is 0.494 e. The van der Waals surface area contributed by atoms with E-state index >= 15 is 0 Å². The maximum absolute atomic E-state index is 13.2. The maximum Gasteiger partial charge on any atom is 0.258 e. The van der Waals surface area contributed by atoms with Gasteiger partial charge in [0.25, 0.3) is 5.91 Å². The molecule has 32 heavy (non-hydrogen) atoms. The van der Waals surface area contributed by atoms with Gasteiger partial charge in [0.05, 0.1) is 25.4 Å². The van der Waals surface area contributed by atoms with Gasteiger partial charge >= 0.3 is 0 Å². The van der Waals surface area contributed by atoms with Crippen molar-refractivity contribution >= 4 is 23.2 Å². The predicted molar refractivity (Wildman–Crippen MR) is 121 cm³/mol. The fourth-order valence-corrected chi connectivity index (χ4v) is 3.16. The van der Waals surface area contributed by atoms with E-state index < -0.39 is 0 Å². The van der Waals surface area contributed by atoms with Crippen molar-refractivity contribution in [2.75, 3.05) is 23.4 Å². The summed E-state index contributed by atoms with van der Waals surface area (Å²) < 4.78 is 7.28. The summed E-state index contributed by atoms with van der Waals surface area (Å²) in [5.74, 6) is 0.305. The Morgan fingerprint density at radius 2 is 2.03 bits per heavy atom. The number of amides is 2. The zero-order valence-electron chi connectivity index (χ0n) is 17.9. The minimum atomic E-state index is -0.251. The molecule has 1 N–H and O–H groups in total. The molecule has 8 heteroatoms. The Balaban J connectivity index is 1.71. The van der Waals surface area contributed by atoms with Crippen LogP contribution in [0.5, 0.6) is 5.75 Å². The third-order valence-electron chi connectivity index (χ3n) is 4.70. The normalized spacial score (nSPS) is 10.2. The van der Waals surface area contributed by atoms with Gasteiger partial charge in [-0.2, -0.15) is 5.26 Å². The second-order valence-electron chi connectivity index (χ2n) is 6.97. The molecule has 3 rings (SSSR count). The lowest BCUT2D eigenvalue weighted by Gasteiger charge is -2.22. The molecule has 0 aliphatic rings. The number of imidazole rings is 1. The highest BCUT2D eigenvalue weighted by atomic mass is 16.5. The Bertz CT molecular complexity index is 1070. The molecule has 164 valence electrons. The first kappa shape index (κ1) is 22.6. The standard InChI is InChI=1S/C24H25N5O3/c1-2-32-22-9-7-21(8-10-22)29(14-4-12-25)24(31)19-5-3-6-20(17-19)27-23(30)11-15-28-16-13-26-18-28/h3,5-10,13,16-18H,2,4,11,14-15H2,1H3,(H,27,30). The number of ether oxygens (including phenoxy) is 1. The van der Waals surface area contributed by atoms with Crippen LogP contribution >= 0.6 is 0 Å². The lowest BCUT2D eigenvalue weighted by Crippen LogP contribution is -2.31. The SMILES string of the molecule is CCOc1ccc(N(CCC#N)C(=O)c2cccc(NC(=O)CCn3ccnc3)c2)cc1. The molecule has 1 heterocycles. The number of hydrogen-bond acceptors (Lipinski definition) is 5. The molecule has 0 aliphatic heterocycles. The molecule has 0 bridgehead atoms. The van der Waals surface area contributed by atoms with E-state index in [9.17, 15) is 9.59 Å². The second kappa shape index (κ2) is 11.3. The van der Waals surface area contributed by atoms with Crippen molar-refractivity contribution in [3.63, 3.8) is 0 Å². The number of aromatic nitrogens is 2. The summed E-state index contributed by atoms with van der Waals surface area (Å²) in [7, 11) is 0. The molecule has 8 nitrogen and oxygen atoms in total. The lowest BCUT2D eigenvalue weighted by molar-refractivity contribution is -0.116. The number of anilines is 2. The zero-order chi connectivity index (χ0) is 22.8. The van der Waals surface area contributed by atoms with Gasteiger partial charge < -0.3 is 19.5 Å². The smallest absolute Gasteiger partial charge is 0.258 e. The van der Waals surface area contributed by atoms with E-state index in [0.29, 0.717) is 35.8 Å². The van der Waals surface area contributed by atoms with Gasteiger partial charge in [0.1, 0.15) is 5.75 Å². The van der Waals surface area contributed by atoms with Crippen LogP contribution in [0.3, 0.4) is 0 Å². The fourth-order valence-electron chi connectivity index (χ4n) is 3.16. The zero-order valence-corrected chi connectivity index (χ0v) is 17.9. The number of aryl methyl sites for hydroxylation is 1. The van der Waals surface area contributed by atoms with Crippen LogP contribution < -0.4 is 15.0 Å². The Hall–Kier alpha value is -4.12. The second-order valence-corrected chi connectivity index (χ2v) is 6.97. The minimum absolute atomic E-state index is 0.156. The van der Waals surface area contributed by atoms with Crippen LogP contribution in [0.2, 0.25) is 0 Å². The number of benzene rings is 2. The van der Waals surface area contributed by atoms with Gasteiger partial charge in [0, 0.05) is 48.8 Å². The highest BCUT2D eigenvalue weighted by Crippen LogP contribution is 2.23. The van der Waals surface area contributed by atoms with Gasteiger partial charge in [-0.15, -0.1) is 0 Å². The van der Waals surface area contributed by atoms with Crippen molar-refractivity contribution < 1.29 is 14.3 Å². The Kier molecular flexibility index (Phi) is 7.98. The molecule has 0 spiro atoms. The van der Waals surface area contributed by atoms with E-state index in [1.54, 1.807) is 72.2 Å². The number of nitriles is 1. The highest BCUT2D eigenvalue weighted by molar-refractivity contribution is 6.07. The number of rotatable bonds is 10. The summed E-state index contributed by atoms with van der Waals surface area (Å²) in [5.41, 5.74) is 1.63. The summed E-state index contributed by atoms with van der Waals surface area (Å²) in [6, 6.07) is 16.1. The van der Waals surface area contributed by atoms with Gasteiger partial charge in [-0.3, -0.25) is 9.59 Å². The lowest BCUT2D eigenvalue weighted by atomic mass is 10.1. The summed E-state index contributed by atoms with van der Waals surface area (Å²) in [5, 5.41) is 11.9. The first-order valence-electron chi connectivity index (χ1n) is 10.4. The first-order chi connectivity index (χ1) is 15.6. The number of nitrogens with one attached hydrogen (secondary N) is 1. The van der Waals surface area contributed by atoms with Crippen molar-refractivity contribution in [3.8, 4) is 11.8 Å². The van der Waals surface area contributed by atoms with Crippen molar-refractivity contribution in [1.29, 1.82) is 5.26 Å². The van der Waals surface area contributed by atoms with E-state index in [1.165, 1.54) is 0 Å². The molecule has 0 saturated heterocycles. The third-order valence-corrected chi connectivity index (χ3v) is 4.70. The Morgan fingerprint density at radius 1 is 1.22 bits per heavy atom. The molecule has 0 aliphatic carbocycles. The molecule has 2 aromatic carbocycles. The molecule has 0 unspecified atom stereocenters. The molecule has 2 amide bonds. The van der Waals surface area contributed by atoms with Crippen LogP contribution in [0, 0.1) is 11.3 Å². The average Bonchev–Trinajstić information content (AvgIpc) is 3.33. The van der Waals surface area contributed by atoms with Crippen LogP contribution in [0.1, 0.15) is 30.1 Å². The molecule has 0 fully saturated rings. The molecule has 0 radical (unpaired) electrons. The van der Waals surface area contributed by atoms with Crippen LogP contribution in [0.25, 0.3) is 0 Å². The molecular weight excluding hydrogens is 406 g/mol. The highest BCUT2D eigenvalue weighted by Gasteiger charge is 2.18. The number of carbonyl (C=O) groups excluding carboxylic acids is 2. The summed E-state index contributed by atoms with van der Waals surface area (Å²) in [4.78, 5) is 31.0. The average molecular weight is 431 g/mol. The van der Waals surface area contributed by atoms with Crippen molar-refractivity contribution in [2.24, 2.45) is 0 Å². The monoisotopic (exact) mass is 431 g/mol. The van der Waals surface area contributed by atoms with E-state index in [4.69, 9.17) is 10.00 Å². The molecule has 1 aromatic heterocycles. The molecular formula is C24H25N5O3. The Morgan fingerprint density at radius 3 is 2.72 bits per heavy atom. The van der Waals surface area contributed by atoms with E-state index in [0.717, 1.165) is 0 Å². The molecule has 0 saturated carbocycles. The van der Waals surface area contributed by atoms with Crippen molar-refractivity contribution in [1.82, 2.24) is 9.55 Å². The van der Waals surface area contributed by atoms with Crippen LogP contribution in [-0.2, 0) is 11.3 Å². The quantitative estimate of drug-likeness (QED) is 0.525. The number of nitrogens with zero attached hydrogens (tertiary/aromatic N) is 4. The number of carbonyl (C=O) groups is 2. The minimum Gasteiger partial charge on any atom is -0.494 e. The van der Waals surface area contributed by atoms with Gasteiger partial charge in [-0.25, -0.2) is 4.98 Å². The fraction of sp³-hybridized carbons (Fsp3) is 0.250. The van der Waals surface area contributed by atoms with E-state index in [1.807, 2.05) is 11.5 Å². The Labute approximate surface area is 187 Å². The number of hydrogen-bond donors (Lipinski definition) is 1. The van der Waals surface area contributed by atoms with Crippen molar-refractivity contribution in [2.45, 2.75) is 26.3 Å². The van der Waals surface area contributed by atoms with Gasteiger partial charge in [0.2, 0.25) is 5.91 Å². The first-order valence-corrected chi connectivity index (χ1v) is 10.4. The maximum atomic E-state index is 13.2. The topological polar surface area (TPSA) is 100 Å². The summed E-state index contributed by atoms with van der Waals surface area (Å²) in [6.45, 7) is 3.23. The van der Waals surface area contributed by atoms with E-state index in [-0.39, 0.29) is 31.2 Å². The molecule has 0 atom stereocenters. The van der Waals surface area contributed by atoms with Gasteiger partial charge in [0.15, 0.2) is 0 Å². The third kappa shape index (κ3) is 6.19. The summed E-state index contributed by atoms with van der Waals surface area (Å²) in [6.07, 6.45) is 5.60. The summed E-state index contributed by atoms with van der Waals surface area (Å²) >= 11 is 0. The van der Waals surface area contributed by atoms with Gasteiger partial charge in [-0.1, -0.05) is 6.07 Å². The van der Waals surface area contributed by atoms with Gasteiger partial charge in [-0.05, 0) is 49.4 Å². The predicted octanol–water partition coefficient (Wildman–Crippen LogP) is 3.87. The van der Waals surface area contributed by atoms with Crippen LogP contribution in [0.4, 0.5) is 11.4 Å². The molecule has 3 aromatic rings. The van der Waals surface area contributed by atoms with Crippen molar-refractivity contribution in [3.05, 3.63) is 72.8 Å².